The molecule has 1 atom stereocenters. The lowest BCUT2D eigenvalue weighted by Gasteiger charge is -2.33. The molecule has 0 amide bonds. The number of rotatable bonds is 10. The SMILES string of the molecule is CCCCCCCCc1ccc(C2CN(Cc3ccccc3)CCO2)cc1. The van der Waals surface area contributed by atoms with Crippen LogP contribution in [0.15, 0.2) is 54.6 Å². The van der Waals surface area contributed by atoms with Crippen LogP contribution in [0.1, 0.15) is 68.2 Å². The second kappa shape index (κ2) is 11.3. The van der Waals surface area contributed by atoms with Crippen LogP contribution >= 0.6 is 0 Å². The molecule has 0 aromatic heterocycles. The topological polar surface area (TPSA) is 12.5 Å². The second-order valence-corrected chi connectivity index (χ2v) is 7.84. The van der Waals surface area contributed by atoms with Crippen LogP contribution in [-0.4, -0.2) is 24.6 Å². The van der Waals surface area contributed by atoms with Gasteiger partial charge in [-0.05, 0) is 29.5 Å². The smallest absolute Gasteiger partial charge is 0.0952 e. The molecule has 146 valence electrons. The summed E-state index contributed by atoms with van der Waals surface area (Å²) < 4.78 is 6.07. The summed E-state index contributed by atoms with van der Waals surface area (Å²) in [5, 5.41) is 0. The molecular formula is C25H35NO. The van der Waals surface area contributed by atoms with Gasteiger partial charge in [-0.15, -0.1) is 0 Å². The quantitative estimate of drug-likeness (QED) is 0.467. The van der Waals surface area contributed by atoms with E-state index in [9.17, 15) is 0 Å². The van der Waals surface area contributed by atoms with E-state index in [0.717, 1.165) is 26.2 Å². The van der Waals surface area contributed by atoms with E-state index in [1.165, 1.54) is 61.6 Å². The van der Waals surface area contributed by atoms with Gasteiger partial charge in [0.2, 0.25) is 0 Å². The molecule has 1 fully saturated rings. The van der Waals surface area contributed by atoms with Gasteiger partial charge in [0.15, 0.2) is 0 Å². The van der Waals surface area contributed by atoms with Gasteiger partial charge in [0.05, 0.1) is 12.7 Å². The molecule has 2 nitrogen and oxygen atoms in total. The van der Waals surface area contributed by atoms with Gasteiger partial charge < -0.3 is 4.74 Å². The first-order valence-corrected chi connectivity index (χ1v) is 10.8. The Morgan fingerprint density at radius 3 is 2.37 bits per heavy atom. The lowest BCUT2D eigenvalue weighted by molar-refractivity contribution is -0.0329. The minimum Gasteiger partial charge on any atom is -0.371 e. The number of hydrogen-bond acceptors (Lipinski definition) is 2. The first-order valence-electron chi connectivity index (χ1n) is 10.8. The molecule has 0 saturated carbocycles. The molecule has 1 heterocycles. The van der Waals surface area contributed by atoms with E-state index in [1.807, 2.05) is 0 Å². The van der Waals surface area contributed by atoms with E-state index in [-0.39, 0.29) is 6.10 Å². The molecule has 1 aliphatic rings. The van der Waals surface area contributed by atoms with Gasteiger partial charge in [0.1, 0.15) is 0 Å². The Hall–Kier alpha value is -1.64. The zero-order valence-electron chi connectivity index (χ0n) is 16.9. The van der Waals surface area contributed by atoms with Gasteiger partial charge in [-0.25, -0.2) is 0 Å². The summed E-state index contributed by atoms with van der Waals surface area (Å²) in [5.74, 6) is 0. The molecule has 0 aliphatic carbocycles. The first kappa shape index (κ1) is 20.1. The number of hydrogen-bond donors (Lipinski definition) is 0. The van der Waals surface area contributed by atoms with Crippen molar-refractivity contribution in [2.75, 3.05) is 19.7 Å². The maximum Gasteiger partial charge on any atom is 0.0952 e. The normalized spacial score (nSPS) is 17.9. The monoisotopic (exact) mass is 365 g/mol. The summed E-state index contributed by atoms with van der Waals surface area (Å²) in [6.07, 6.45) is 9.58. The predicted octanol–water partition coefficient (Wildman–Crippen LogP) is 6.16. The van der Waals surface area contributed by atoms with Crippen LogP contribution in [-0.2, 0) is 17.7 Å². The van der Waals surface area contributed by atoms with Crippen molar-refractivity contribution in [1.82, 2.24) is 4.90 Å². The third kappa shape index (κ3) is 6.79. The second-order valence-electron chi connectivity index (χ2n) is 7.84. The maximum atomic E-state index is 6.07. The highest BCUT2D eigenvalue weighted by Crippen LogP contribution is 2.24. The Balaban J connectivity index is 1.45. The van der Waals surface area contributed by atoms with Crippen molar-refractivity contribution in [3.05, 3.63) is 71.3 Å². The minimum atomic E-state index is 0.200. The van der Waals surface area contributed by atoms with Crippen molar-refractivity contribution in [2.24, 2.45) is 0 Å². The molecule has 27 heavy (non-hydrogen) atoms. The van der Waals surface area contributed by atoms with Crippen molar-refractivity contribution >= 4 is 0 Å². The van der Waals surface area contributed by atoms with Crippen LogP contribution in [0.2, 0.25) is 0 Å². The fourth-order valence-electron chi connectivity index (χ4n) is 3.90. The third-order valence-electron chi connectivity index (χ3n) is 5.57. The fraction of sp³-hybridized carbons (Fsp3) is 0.520. The molecule has 3 rings (SSSR count). The van der Waals surface area contributed by atoms with Crippen molar-refractivity contribution in [3.63, 3.8) is 0 Å². The van der Waals surface area contributed by atoms with E-state index < -0.39 is 0 Å². The Bertz CT molecular complexity index is 637. The number of benzene rings is 2. The molecule has 0 bridgehead atoms. The van der Waals surface area contributed by atoms with Gasteiger partial charge in [0, 0.05) is 19.6 Å². The molecule has 1 saturated heterocycles. The van der Waals surface area contributed by atoms with Crippen LogP contribution in [0.3, 0.4) is 0 Å². The van der Waals surface area contributed by atoms with E-state index in [1.54, 1.807) is 0 Å². The minimum absolute atomic E-state index is 0.200. The fourth-order valence-corrected chi connectivity index (χ4v) is 3.90. The highest BCUT2D eigenvalue weighted by Gasteiger charge is 2.21. The van der Waals surface area contributed by atoms with E-state index in [0.29, 0.717) is 0 Å². The average molecular weight is 366 g/mol. The first-order chi connectivity index (χ1) is 13.3. The zero-order valence-corrected chi connectivity index (χ0v) is 16.9. The standard InChI is InChI=1S/C25H35NO/c1-2-3-4-5-6-8-11-22-14-16-24(17-15-22)25-21-26(18-19-27-25)20-23-12-9-7-10-13-23/h7,9-10,12-17,25H,2-6,8,11,18-21H2,1H3. The predicted molar refractivity (Wildman–Crippen MR) is 114 cm³/mol. The van der Waals surface area contributed by atoms with Crippen LogP contribution in [0.5, 0.6) is 0 Å². The summed E-state index contributed by atoms with van der Waals surface area (Å²) >= 11 is 0. The van der Waals surface area contributed by atoms with E-state index >= 15 is 0 Å². The average Bonchev–Trinajstić information content (AvgIpc) is 2.72. The number of nitrogens with zero attached hydrogens (tertiary/aromatic N) is 1. The summed E-state index contributed by atoms with van der Waals surface area (Å²) in [6, 6.07) is 19.9. The van der Waals surface area contributed by atoms with Crippen LogP contribution in [0.25, 0.3) is 0 Å². The van der Waals surface area contributed by atoms with Crippen LogP contribution in [0, 0.1) is 0 Å². The lowest BCUT2D eigenvalue weighted by atomic mass is 10.0. The van der Waals surface area contributed by atoms with Crippen LogP contribution in [0.4, 0.5) is 0 Å². The van der Waals surface area contributed by atoms with Gasteiger partial charge in [-0.3, -0.25) is 4.90 Å². The Morgan fingerprint density at radius 1 is 0.852 bits per heavy atom. The Labute approximate surface area is 165 Å². The molecule has 1 aliphatic heterocycles. The van der Waals surface area contributed by atoms with Crippen molar-refractivity contribution < 1.29 is 4.74 Å². The lowest BCUT2D eigenvalue weighted by Crippen LogP contribution is -2.37. The molecule has 2 heteroatoms. The summed E-state index contributed by atoms with van der Waals surface area (Å²) in [6.45, 7) is 6.10. The van der Waals surface area contributed by atoms with Gasteiger partial charge in [0.25, 0.3) is 0 Å². The number of aryl methyl sites for hydroxylation is 1. The van der Waals surface area contributed by atoms with Crippen molar-refractivity contribution in [1.29, 1.82) is 0 Å². The summed E-state index contributed by atoms with van der Waals surface area (Å²) in [5.41, 5.74) is 4.16. The molecule has 1 unspecified atom stereocenters. The van der Waals surface area contributed by atoms with E-state index in [4.69, 9.17) is 4.74 Å². The molecular weight excluding hydrogens is 330 g/mol. The zero-order chi connectivity index (χ0) is 18.7. The molecule has 0 N–H and O–H groups in total. The highest BCUT2D eigenvalue weighted by molar-refractivity contribution is 5.25. The molecule has 0 radical (unpaired) electrons. The number of ether oxygens (including phenoxy) is 1. The van der Waals surface area contributed by atoms with Gasteiger partial charge >= 0.3 is 0 Å². The molecule has 2 aromatic rings. The Morgan fingerprint density at radius 2 is 1.59 bits per heavy atom. The van der Waals surface area contributed by atoms with E-state index in [2.05, 4.69) is 66.4 Å². The van der Waals surface area contributed by atoms with Crippen molar-refractivity contribution in [2.45, 2.75) is 64.5 Å². The Kier molecular flexibility index (Phi) is 8.38. The van der Waals surface area contributed by atoms with Gasteiger partial charge in [-0.1, -0.05) is 93.6 Å². The van der Waals surface area contributed by atoms with Crippen molar-refractivity contribution in [3.8, 4) is 0 Å². The number of morpholine rings is 1. The van der Waals surface area contributed by atoms with Gasteiger partial charge in [-0.2, -0.15) is 0 Å². The summed E-state index contributed by atoms with van der Waals surface area (Å²) in [4.78, 5) is 2.51. The number of unbranched alkanes of at least 4 members (excludes halogenated alkanes) is 5. The molecule has 2 aromatic carbocycles. The summed E-state index contributed by atoms with van der Waals surface area (Å²) in [7, 11) is 0. The van der Waals surface area contributed by atoms with Crippen LogP contribution < -0.4 is 0 Å². The molecule has 0 spiro atoms. The highest BCUT2D eigenvalue weighted by atomic mass is 16.5. The maximum absolute atomic E-state index is 6.07. The largest absolute Gasteiger partial charge is 0.371 e. The third-order valence-corrected chi connectivity index (χ3v) is 5.57.